The molecule has 2 rings (SSSR count). The van der Waals surface area contributed by atoms with E-state index in [1.54, 1.807) is 0 Å². The molecule has 0 fully saturated rings. The van der Waals surface area contributed by atoms with Crippen molar-refractivity contribution in [1.29, 1.82) is 0 Å². The van der Waals surface area contributed by atoms with E-state index in [0.29, 0.717) is 6.54 Å². The van der Waals surface area contributed by atoms with Crippen LogP contribution < -0.4 is 5.73 Å². The third kappa shape index (κ3) is 1.30. The average molecular weight is 189 g/mol. The molecular formula is C11H15N3. The van der Waals surface area contributed by atoms with E-state index in [-0.39, 0.29) is 0 Å². The van der Waals surface area contributed by atoms with Crippen LogP contribution in [0.1, 0.15) is 11.3 Å². The Hall–Kier alpha value is -1.35. The van der Waals surface area contributed by atoms with Crippen LogP contribution in [0.5, 0.6) is 0 Å². The lowest BCUT2D eigenvalue weighted by molar-refractivity contribution is 0.639. The first kappa shape index (κ1) is 9.21. The van der Waals surface area contributed by atoms with E-state index in [0.717, 1.165) is 12.2 Å². The van der Waals surface area contributed by atoms with E-state index in [4.69, 9.17) is 5.73 Å². The standard InChI is InChI=1S/C11H15N3/c1-8-4-3-5-10-9(2)13-14(7-6-12)11(8)10/h3-5H,6-7,12H2,1-2H3. The van der Waals surface area contributed by atoms with Crippen molar-refractivity contribution in [2.24, 2.45) is 5.73 Å². The zero-order valence-corrected chi connectivity index (χ0v) is 8.62. The maximum absolute atomic E-state index is 5.55. The van der Waals surface area contributed by atoms with Crippen molar-refractivity contribution in [3.8, 4) is 0 Å². The predicted octanol–water partition coefficient (Wildman–Crippen LogP) is 1.61. The zero-order valence-electron chi connectivity index (χ0n) is 8.62. The van der Waals surface area contributed by atoms with Gasteiger partial charge in [-0.1, -0.05) is 18.2 Å². The fraction of sp³-hybridized carbons (Fsp3) is 0.364. The SMILES string of the molecule is Cc1nn(CCN)c2c(C)cccc12. The van der Waals surface area contributed by atoms with Crippen molar-refractivity contribution < 1.29 is 0 Å². The van der Waals surface area contributed by atoms with Crippen molar-refractivity contribution in [3.63, 3.8) is 0 Å². The Kier molecular flexibility index (Phi) is 2.25. The Labute approximate surface area is 83.5 Å². The summed E-state index contributed by atoms with van der Waals surface area (Å²) in [5.41, 5.74) is 9.11. The monoisotopic (exact) mass is 189 g/mol. The normalized spacial score (nSPS) is 11.1. The highest BCUT2D eigenvalue weighted by Gasteiger charge is 2.07. The van der Waals surface area contributed by atoms with Gasteiger partial charge in [-0.2, -0.15) is 5.10 Å². The fourth-order valence-electron chi connectivity index (χ4n) is 1.86. The van der Waals surface area contributed by atoms with Crippen molar-refractivity contribution >= 4 is 10.9 Å². The second-order valence-corrected chi connectivity index (χ2v) is 3.57. The van der Waals surface area contributed by atoms with Crippen molar-refractivity contribution in [2.75, 3.05) is 6.54 Å². The number of para-hydroxylation sites is 1. The van der Waals surface area contributed by atoms with E-state index in [1.807, 2.05) is 11.6 Å². The van der Waals surface area contributed by atoms with E-state index < -0.39 is 0 Å². The first-order chi connectivity index (χ1) is 6.74. The second kappa shape index (κ2) is 3.42. The summed E-state index contributed by atoms with van der Waals surface area (Å²) in [4.78, 5) is 0. The summed E-state index contributed by atoms with van der Waals surface area (Å²) < 4.78 is 2.00. The highest BCUT2D eigenvalue weighted by Crippen LogP contribution is 2.20. The summed E-state index contributed by atoms with van der Waals surface area (Å²) >= 11 is 0. The van der Waals surface area contributed by atoms with Gasteiger partial charge in [0.25, 0.3) is 0 Å². The minimum Gasteiger partial charge on any atom is -0.329 e. The summed E-state index contributed by atoms with van der Waals surface area (Å²) in [6, 6.07) is 6.29. The molecule has 0 spiro atoms. The fourth-order valence-corrected chi connectivity index (χ4v) is 1.86. The topological polar surface area (TPSA) is 43.8 Å². The van der Waals surface area contributed by atoms with Crippen LogP contribution in [0.15, 0.2) is 18.2 Å². The molecule has 0 aliphatic carbocycles. The quantitative estimate of drug-likeness (QED) is 0.780. The van der Waals surface area contributed by atoms with Crippen molar-refractivity contribution in [3.05, 3.63) is 29.5 Å². The van der Waals surface area contributed by atoms with Crippen LogP contribution in [0.25, 0.3) is 10.9 Å². The maximum atomic E-state index is 5.55. The number of benzene rings is 1. The first-order valence-electron chi connectivity index (χ1n) is 4.87. The van der Waals surface area contributed by atoms with Crippen LogP contribution in [-0.2, 0) is 6.54 Å². The maximum Gasteiger partial charge on any atom is 0.0714 e. The Bertz CT molecular complexity index is 457. The molecule has 0 radical (unpaired) electrons. The largest absolute Gasteiger partial charge is 0.329 e. The summed E-state index contributed by atoms with van der Waals surface area (Å²) in [6.45, 7) is 5.56. The minimum absolute atomic E-state index is 0.630. The molecule has 0 unspecified atom stereocenters. The number of nitrogens with two attached hydrogens (primary N) is 1. The zero-order chi connectivity index (χ0) is 10.1. The van der Waals surface area contributed by atoms with Gasteiger partial charge in [0.15, 0.2) is 0 Å². The Balaban J connectivity index is 2.72. The molecule has 1 aromatic heterocycles. The van der Waals surface area contributed by atoms with Crippen LogP contribution in [0, 0.1) is 13.8 Å². The molecule has 0 atom stereocenters. The van der Waals surface area contributed by atoms with Crippen LogP contribution in [-0.4, -0.2) is 16.3 Å². The number of rotatable bonds is 2. The lowest BCUT2D eigenvalue weighted by atomic mass is 10.1. The molecular weight excluding hydrogens is 174 g/mol. The molecule has 0 amide bonds. The van der Waals surface area contributed by atoms with E-state index in [2.05, 4.69) is 30.2 Å². The van der Waals surface area contributed by atoms with Gasteiger partial charge in [0, 0.05) is 11.9 Å². The predicted molar refractivity (Wildman–Crippen MR) is 58.3 cm³/mol. The number of nitrogens with zero attached hydrogens (tertiary/aromatic N) is 2. The summed E-state index contributed by atoms with van der Waals surface area (Å²) in [5, 5.41) is 5.71. The van der Waals surface area contributed by atoms with Gasteiger partial charge in [-0.15, -0.1) is 0 Å². The van der Waals surface area contributed by atoms with Gasteiger partial charge in [-0.05, 0) is 19.4 Å². The van der Waals surface area contributed by atoms with Crippen LogP contribution in [0.4, 0.5) is 0 Å². The third-order valence-corrected chi connectivity index (χ3v) is 2.50. The van der Waals surface area contributed by atoms with Gasteiger partial charge in [-0.3, -0.25) is 4.68 Å². The van der Waals surface area contributed by atoms with Crippen LogP contribution in [0.2, 0.25) is 0 Å². The van der Waals surface area contributed by atoms with E-state index in [9.17, 15) is 0 Å². The lowest BCUT2D eigenvalue weighted by Crippen LogP contribution is -2.11. The van der Waals surface area contributed by atoms with Gasteiger partial charge >= 0.3 is 0 Å². The van der Waals surface area contributed by atoms with Gasteiger partial charge in [0.2, 0.25) is 0 Å². The minimum atomic E-state index is 0.630. The highest BCUT2D eigenvalue weighted by atomic mass is 15.3. The Morgan fingerprint density at radius 3 is 2.86 bits per heavy atom. The van der Waals surface area contributed by atoms with Gasteiger partial charge in [0.05, 0.1) is 17.8 Å². The van der Waals surface area contributed by atoms with Crippen LogP contribution in [0.3, 0.4) is 0 Å². The molecule has 14 heavy (non-hydrogen) atoms. The Morgan fingerprint density at radius 2 is 2.14 bits per heavy atom. The first-order valence-corrected chi connectivity index (χ1v) is 4.87. The molecule has 0 saturated carbocycles. The molecule has 2 aromatic rings. The van der Waals surface area contributed by atoms with Crippen LogP contribution >= 0.6 is 0 Å². The smallest absolute Gasteiger partial charge is 0.0714 e. The molecule has 1 aromatic carbocycles. The molecule has 3 nitrogen and oxygen atoms in total. The molecule has 0 aliphatic rings. The summed E-state index contributed by atoms with van der Waals surface area (Å²) in [5.74, 6) is 0. The number of fused-ring (bicyclic) bond motifs is 1. The Morgan fingerprint density at radius 1 is 1.36 bits per heavy atom. The van der Waals surface area contributed by atoms with Gasteiger partial charge < -0.3 is 5.73 Å². The molecule has 1 heterocycles. The molecule has 0 aliphatic heterocycles. The van der Waals surface area contributed by atoms with Gasteiger partial charge in [-0.25, -0.2) is 0 Å². The number of aryl methyl sites for hydroxylation is 2. The molecule has 3 heteroatoms. The highest BCUT2D eigenvalue weighted by molar-refractivity contribution is 5.84. The third-order valence-electron chi connectivity index (χ3n) is 2.50. The van der Waals surface area contributed by atoms with Crippen molar-refractivity contribution in [1.82, 2.24) is 9.78 Å². The number of hydrogen-bond donors (Lipinski definition) is 1. The molecule has 0 saturated heterocycles. The van der Waals surface area contributed by atoms with E-state index >= 15 is 0 Å². The molecule has 74 valence electrons. The second-order valence-electron chi connectivity index (χ2n) is 3.57. The molecule has 0 bridgehead atoms. The van der Waals surface area contributed by atoms with Crippen molar-refractivity contribution in [2.45, 2.75) is 20.4 Å². The van der Waals surface area contributed by atoms with Gasteiger partial charge in [0.1, 0.15) is 0 Å². The number of hydrogen-bond acceptors (Lipinski definition) is 2. The molecule has 2 N–H and O–H groups in total. The summed E-state index contributed by atoms with van der Waals surface area (Å²) in [7, 11) is 0. The number of aromatic nitrogens is 2. The average Bonchev–Trinajstić information content (AvgIpc) is 2.46. The summed E-state index contributed by atoms with van der Waals surface area (Å²) in [6.07, 6.45) is 0. The lowest BCUT2D eigenvalue weighted by Gasteiger charge is -2.02. The van der Waals surface area contributed by atoms with E-state index in [1.165, 1.54) is 16.5 Å².